The van der Waals surface area contributed by atoms with E-state index in [1.165, 1.54) is 18.3 Å². The maximum absolute atomic E-state index is 13.8. The van der Waals surface area contributed by atoms with E-state index in [2.05, 4.69) is 14.4 Å². The van der Waals surface area contributed by atoms with Crippen molar-refractivity contribution in [2.24, 2.45) is 0 Å². The Hall–Kier alpha value is -2.32. The van der Waals surface area contributed by atoms with Crippen LogP contribution in [0, 0.1) is 5.82 Å². The van der Waals surface area contributed by atoms with Gasteiger partial charge in [0.05, 0.1) is 18.4 Å². The maximum atomic E-state index is 13.8. The van der Waals surface area contributed by atoms with Gasteiger partial charge in [0.25, 0.3) is 0 Å². The fourth-order valence-corrected chi connectivity index (χ4v) is 2.99. The largest absolute Gasteiger partial charge is 0.465 e. The van der Waals surface area contributed by atoms with E-state index in [-0.39, 0.29) is 17.9 Å². The molecule has 23 heavy (non-hydrogen) atoms. The highest BCUT2D eigenvalue weighted by molar-refractivity contribution is 7.88. The molecule has 1 heterocycles. The first-order chi connectivity index (χ1) is 10.9. The van der Waals surface area contributed by atoms with E-state index in [9.17, 15) is 17.6 Å². The SMILES string of the molecule is COC(=O)c1ccc(CNS(=O)(=O)Cc2cccnc2)cc1F. The van der Waals surface area contributed by atoms with Gasteiger partial charge in [-0.2, -0.15) is 0 Å². The summed E-state index contributed by atoms with van der Waals surface area (Å²) < 4.78 is 44.5. The molecule has 0 spiro atoms. The summed E-state index contributed by atoms with van der Waals surface area (Å²) in [5.41, 5.74) is 0.742. The Morgan fingerprint density at radius 1 is 1.30 bits per heavy atom. The summed E-state index contributed by atoms with van der Waals surface area (Å²) in [5, 5.41) is 0. The van der Waals surface area contributed by atoms with Gasteiger partial charge in [0, 0.05) is 18.9 Å². The van der Waals surface area contributed by atoms with E-state index in [1.54, 1.807) is 18.3 Å². The molecule has 0 atom stereocenters. The molecular formula is C15H15FN2O4S. The number of benzene rings is 1. The minimum Gasteiger partial charge on any atom is -0.465 e. The lowest BCUT2D eigenvalue weighted by Gasteiger charge is -2.08. The van der Waals surface area contributed by atoms with Crippen LogP contribution in [0.25, 0.3) is 0 Å². The summed E-state index contributed by atoms with van der Waals surface area (Å²) in [6.07, 6.45) is 3.01. The van der Waals surface area contributed by atoms with E-state index in [4.69, 9.17) is 0 Å². The first kappa shape index (κ1) is 17.0. The number of methoxy groups -OCH3 is 1. The highest BCUT2D eigenvalue weighted by Crippen LogP contribution is 2.12. The predicted octanol–water partition coefficient (Wildman–Crippen LogP) is 1.63. The van der Waals surface area contributed by atoms with Crippen molar-refractivity contribution in [3.8, 4) is 0 Å². The number of carbonyl (C=O) groups is 1. The van der Waals surface area contributed by atoms with Crippen LogP contribution in [0.15, 0.2) is 42.7 Å². The molecule has 0 bridgehead atoms. The van der Waals surface area contributed by atoms with Gasteiger partial charge in [0.1, 0.15) is 5.82 Å². The fraction of sp³-hybridized carbons (Fsp3) is 0.200. The summed E-state index contributed by atoms with van der Waals surface area (Å²) in [4.78, 5) is 15.1. The van der Waals surface area contributed by atoms with Gasteiger partial charge in [0.15, 0.2) is 0 Å². The van der Waals surface area contributed by atoms with Crippen molar-refractivity contribution in [2.45, 2.75) is 12.3 Å². The van der Waals surface area contributed by atoms with Crippen LogP contribution in [-0.2, 0) is 27.1 Å². The average molecular weight is 338 g/mol. The monoisotopic (exact) mass is 338 g/mol. The topological polar surface area (TPSA) is 85.4 Å². The molecule has 0 aliphatic carbocycles. The summed E-state index contributed by atoms with van der Waals surface area (Å²) in [7, 11) is -2.43. The number of ether oxygens (including phenoxy) is 1. The van der Waals surface area contributed by atoms with Gasteiger partial charge >= 0.3 is 5.97 Å². The van der Waals surface area contributed by atoms with E-state index in [0.717, 1.165) is 13.2 Å². The minimum atomic E-state index is -3.58. The first-order valence-electron chi connectivity index (χ1n) is 6.64. The summed E-state index contributed by atoms with van der Waals surface area (Å²) in [6, 6.07) is 7.11. The van der Waals surface area contributed by atoms with Gasteiger partial charge < -0.3 is 4.74 Å². The molecule has 1 aromatic heterocycles. The smallest absolute Gasteiger partial charge is 0.340 e. The molecule has 0 aliphatic heterocycles. The van der Waals surface area contributed by atoms with Crippen molar-refractivity contribution in [3.05, 3.63) is 65.2 Å². The molecule has 2 aromatic rings. The molecule has 0 unspecified atom stereocenters. The third-order valence-electron chi connectivity index (χ3n) is 3.01. The molecule has 0 saturated heterocycles. The standard InChI is InChI=1S/C15H15FN2O4S/c1-22-15(19)13-5-4-11(7-14(13)16)9-18-23(20,21)10-12-3-2-6-17-8-12/h2-8,18H,9-10H2,1H3. The highest BCUT2D eigenvalue weighted by Gasteiger charge is 2.14. The first-order valence-corrected chi connectivity index (χ1v) is 8.29. The number of nitrogens with one attached hydrogen (secondary N) is 1. The Morgan fingerprint density at radius 3 is 2.70 bits per heavy atom. The zero-order valence-corrected chi connectivity index (χ0v) is 13.1. The molecule has 1 aromatic carbocycles. The van der Waals surface area contributed by atoms with Crippen molar-refractivity contribution in [1.82, 2.24) is 9.71 Å². The van der Waals surface area contributed by atoms with Gasteiger partial charge in [-0.1, -0.05) is 12.1 Å². The van der Waals surface area contributed by atoms with Gasteiger partial charge in [-0.05, 0) is 29.3 Å². The lowest BCUT2D eigenvalue weighted by molar-refractivity contribution is 0.0595. The van der Waals surface area contributed by atoms with E-state index in [1.807, 2.05) is 0 Å². The summed E-state index contributed by atoms with van der Waals surface area (Å²) >= 11 is 0. The van der Waals surface area contributed by atoms with Crippen molar-refractivity contribution in [3.63, 3.8) is 0 Å². The highest BCUT2D eigenvalue weighted by atomic mass is 32.2. The number of carbonyl (C=O) groups excluding carboxylic acids is 1. The number of pyridine rings is 1. The molecule has 0 fully saturated rings. The van der Waals surface area contributed by atoms with Crippen LogP contribution in [-0.4, -0.2) is 26.5 Å². The third kappa shape index (κ3) is 4.83. The molecule has 2 rings (SSSR count). The quantitative estimate of drug-likeness (QED) is 0.809. The number of sulfonamides is 1. The van der Waals surface area contributed by atoms with Crippen LogP contribution in [0.2, 0.25) is 0 Å². The normalized spacial score (nSPS) is 11.2. The molecule has 122 valence electrons. The number of hydrogen-bond donors (Lipinski definition) is 1. The molecule has 6 nitrogen and oxygen atoms in total. The van der Waals surface area contributed by atoms with Gasteiger partial charge in [-0.25, -0.2) is 22.3 Å². The van der Waals surface area contributed by atoms with Crippen molar-refractivity contribution in [2.75, 3.05) is 7.11 Å². The Balaban J connectivity index is 2.03. The number of esters is 1. The van der Waals surface area contributed by atoms with E-state index >= 15 is 0 Å². The van der Waals surface area contributed by atoms with E-state index in [0.29, 0.717) is 11.1 Å². The van der Waals surface area contributed by atoms with Gasteiger partial charge in [-0.15, -0.1) is 0 Å². The summed E-state index contributed by atoms with van der Waals surface area (Å²) in [5.74, 6) is -1.77. The van der Waals surface area contributed by atoms with Crippen molar-refractivity contribution < 1.29 is 22.3 Å². The Kier molecular flexibility index (Phi) is 5.41. The Bertz CT molecular complexity index is 794. The van der Waals surface area contributed by atoms with Gasteiger partial charge in [0.2, 0.25) is 10.0 Å². The Labute approximate surface area is 133 Å². The average Bonchev–Trinajstić information content (AvgIpc) is 2.53. The number of hydrogen-bond acceptors (Lipinski definition) is 5. The molecule has 0 radical (unpaired) electrons. The summed E-state index contributed by atoms with van der Waals surface area (Å²) in [6.45, 7) is -0.0824. The molecule has 8 heteroatoms. The van der Waals surface area contributed by atoms with Crippen LogP contribution >= 0.6 is 0 Å². The maximum Gasteiger partial charge on any atom is 0.340 e. The van der Waals surface area contributed by atoms with Crippen LogP contribution in [0.3, 0.4) is 0 Å². The molecule has 1 N–H and O–H groups in total. The zero-order chi connectivity index (χ0) is 16.9. The molecule has 0 saturated carbocycles. The third-order valence-corrected chi connectivity index (χ3v) is 4.31. The Morgan fingerprint density at radius 2 is 2.09 bits per heavy atom. The number of aromatic nitrogens is 1. The van der Waals surface area contributed by atoms with Crippen LogP contribution in [0.4, 0.5) is 4.39 Å². The predicted molar refractivity (Wildman–Crippen MR) is 81.4 cm³/mol. The number of nitrogens with zero attached hydrogens (tertiary/aromatic N) is 1. The van der Waals surface area contributed by atoms with Crippen molar-refractivity contribution >= 4 is 16.0 Å². The minimum absolute atomic E-state index is 0.0824. The second kappa shape index (κ2) is 7.30. The zero-order valence-electron chi connectivity index (χ0n) is 12.3. The van der Waals surface area contributed by atoms with E-state index < -0.39 is 21.8 Å². The molecular weight excluding hydrogens is 323 g/mol. The lowest BCUT2D eigenvalue weighted by Crippen LogP contribution is -2.24. The number of rotatable bonds is 6. The van der Waals surface area contributed by atoms with Gasteiger partial charge in [-0.3, -0.25) is 4.98 Å². The van der Waals surface area contributed by atoms with Crippen LogP contribution < -0.4 is 4.72 Å². The second-order valence-corrected chi connectivity index (χ2v) is 6.55. The molecule has 0 amide bonds. The van der Waals surface area contributed by atoms with Crippen LogP contribution in [0.5, 0.6) is 0 Å². The second-order valence-electron chi connectivity index (χ2n) is 4.75. The number of halogens is 1. The fourth-order valence-electron chi connectivity index (χ4n) is 1.89. The molecule has 0 aliphatic rings. The lowest BCUT2D eigenvalue weighted by atomic mass is 10.1. The van der Waals surface area contributed by atoms with Crippen LogP contribution in [0.1, 0.15) is 21.5 Å². The van der Waals surface area contributed by atoms with Crippen molar-refractivity contribution in [1.29, 1.82) is 0 Å².